The third-order valence-electron chi connectivity index (χ3n) is 4.30. The first kappa shape index (κ1) is 20.6. The van der Waals surface area contributed by atoms with Crippen LogP contribution in [0.1, 0.15) is 12.5 Å². The summed E-state index contributed by atoms with van der Waals surface area (Å²) in [5, 5.41) is 2.99. The predicted molar refractivity (Wildman–Crippen MR) is 119 cm³/mol. The Morgan fingerprint density at radius 1 is 0.931 bits per heavy atom. The summed E-state index contributed by atoms with van der Waals surface area (Å²) in [6.45, 7) is 1.88. The van der Waals surface area contributed by atoms with E-state index >= 15 is 0 Å². The van der Waals surface area contributed by atoms with E-state index < -0.39 is 0 Å². The Bertz CT molecular complexity index is 1020. The van der Waals surface area contributed by atoms with Gasteiger partial charge in [0.25, 0.3) is 0 Å². The molecular formula is C24H23NO3S. The summed E-state index contributed by atoms with van der Waals surface area (Å²) in [7, 11) is 3.21. The molecule has 1 amide bonds. The van der Waals surface area contributed by atoms with E-state index in [0.29, 0.717) is 11.5 Å². The van der Waals surface area contributed by atoms with Gasteiger partial charge in [-0.1, -0.05) is 42.1 Å². The van der Waals surface area contributed by atoms with Crippen molar-refractivity contribution in [3.63, 3.8) is 0 Å². The number of carbonyl (C=O) groups excluding carboxylic acids is 1. The van der Waals surface area contributed by atoms with Gasteiger partial charge < -0.3 is 14.8 Å². The van der Waals surface area contributed by atoms with E-state index in [2.05, 4.69) is 5.32 Å². The number of hydrogen-bond donors (Lipinski definition) is 1. The van der Waals surface area contributed by atoms with Gasteiger partial charge >= 0.3 is 0 Å². The zero-order valence-corrected chi connectivity index (χ0v) is 17.5. The fraction of sp³-hybridized carbons (Fsp3) is 0.125. The van der Waals surface area contributed by atoms with Crippen molar-refractivity contribution in [1.29, 1.82) is 0 Å². The Hall–Kier alpha value is -3.18. The van der Waals surface area contributed by atoms with Gasteiger partial charge in [-0.25, -0.2) is 0 Å². The van der Waals surface area contributed by atoms with Gasteiger partial charge in [0.1, 0.15) is 11.5 Å². The predicted octanol–water partition coefficient (Wildman–Crippen LogP) is 5.90. The molecule has 0 aromatic heterocycles. The van der Waals surface area contributed by atoms with Crippen molar-refractivity contribution in [2.24, 2.45) is 0 Å². The van der Waals surface area contributed by atoms with E-state index in [1.807, 2.05) is 73.7 Å². The Labute approximate surface area is 175 Å². The van der Waals surface area contributed by atoms with Crippen LogP contribution >= 0.6 is 11.8 Å². The maximum Gasteiger partial charge on any atom is 0.248 e. The van der Waals surface area contributed by atoms with Gasteiger partial charge in [-0.2, -0.15) is 0 Å². The lowest BCUT2D eigenvalue weighted by molar-refractivity contribution is -0.111. The number of amides is 1. The summed E-state index contributed by atoms with van der Waals surface area (Å²) in [6, 6.07) is 23.4. The summed E-state index contributed by atoms with van der Waals surface area (Å²) < 4.78 is 10.7. The van der Waals surface area contributed by atoms with E-state index in [-0.39, 0.29) is 5.91 Å². The molecule has 0 saturated carbocycles. The van der Waals surface area contributed by atoms with Gasteiger partial charge in [0.05, 0.1) is 19.9 Å². The Kier molecular flexibility index (Phi) is 6.98. The molecule has 0 atom stereocenters. The third-order valence-corrected chi connectivity index (χ3v) is 5.38. The maximum absolute atomic E-state index is 12.7. The van der Waals surface area contributed by atoms with Crippen LogP contribution < -0.4 is 14.8 Å². The zero-order chi connectivity index (χ0) is 20.6. The number of allylic oxidation sites excluding steroid dienone is 1. The molecule has 148 valence electrons. The van der Waals surface area contributed by atoms with E-state index in [4.69, 9.17) is 9.47 Å². The third kappa shape index (κ3) is 5.42. The van der Waals surface area contributed by atoms with Crippen LogP contribution in [0.3, 0.4) is 0 Å². The molecule has 0 radical (unpaired) electrons. The topological polar surface area (TPSA) is 47.6 Å². The van der Waals surface area contributed by atoms with E-state index in [1.165, 1.54) is 0 Å². The second kappa shape index (κ2) is 9.85. The van der Waals surface area contributed by atoms with E-state index in [1.54, 1.807) is 38.1 Å². The molecular weight excluding hydrogens is 382 g/mol. The maximum atomic E-state index is 12.7. The highest BCUT2D eigenvalue weighted by atomic mass is 32.2. The number of hydrogen-bond acceptors (Lipinski definition) is 4. The second-order valence-corrected chi connectivity index (χ2v) is 7.41. The molecule has 29 heavy (non-hydrogen) atoms. The standard InChI is InChI=1S/C24H23NO3S/c1-17(20-14-13-18(27-2)16-22(20)28-3)15-24(26)25-21-11-7-8-12-23(21)29-19-9-5-4-6-10-19/h4-16H,1-3H3,(H,25,26)/b17-15+. The summed E-state index contributed by atoms with van der Waals surface area (Å²) in [4.78, 5) is 14.8. The molecule has 0 bridgehead atoms. The van der Waals surface area contributed by atoms with Crippen molar-refractivity contribution in [1.82, 2.24) is 0 Å². The monoisotopic (exact) mass is 405 g/mol. The number of rotatable bonds is 7. The first-order valence-electron chi connectivity index (χ1n) is 9.14. The van der Waals surface area contributed by atoms with Crippen LogP contribution in [0.5, 0.6) is 11.5 Å². The van der Waals surface area contributed by atoms with E-state index in [9.17, 15) is 4.79 Å². The number of anilines is 1. The number of para-hydroxylation sites is 1. The van der Waals surface area contributed by atoms with Gasteiger partial charge in [-0.3, -0.25) is 4.79 Å². The van der Waals surface area contributed by atoms with Gasteiger partial charge in [-0.05, 0) is 48.9 Å². The van der Waals surface area contributed by atoms with Crippen LogP contribution in [0.25, 0.3) is 5.57 Å². The van der Waals surface area contributed by atoms with Crippen LogP contribution in [0.2, 0.25) is 0 Å². The van der Waals surface area contributed by atoms with Crippen LogP contribution in [0, 0.1) is 0 Å². The van der Waals surface area contributed by atoms with Crippen LogP contribution in [-0.4, -0.2) is 20.1 Å². The highest BCUT2D eigenvalue weighted by Crippen LogP contribution is 2.33. The molecule has 0 aliphatic heterocycles. The minimum atomic E-state index is -0.193. The quantitative estimate of drug-likeness (QED) is 0.497. The average molecular weight is 406 g/mol. The molecule has 0 unspecified atom stereocenters. The zero-order valence-electron chi connectivity index (χ0n) is 16.6. The van der Waals surface area contributed by atoms with Gasteiger partial charge in [0.2, 0.25) is 5.91 Å². The summed E-state index contributed by atoms with van der Waals surface area (Å²) in [6.07, 6.45) is 1.58. The van der Waals surface area contributed by atoms with Crippen molar-refractivity contribution in [2.45, 2.75) is 16.7 Å². The summed E-state index contributed by atoms with van der Waals surface area (Å²) in [5.41, 5.74) is 2.42. The lowest BCUT2D eigenvalue weighted by atomic mass is 10.1. The molecule has 0 heterocycles. The van der Waals surface area contributed by atoms with Gasteiger partial charge in [-0.15, -0.1) is 0 Å². The van der Waals surface area contributed by atoms with Crippen molar-refractivity contribution < 1.29 is 14.3 Å². The lowest BCUT2D eigenvalue weighted by Crippen LogP contribution is -2.09. The van der Waals surface area contributed by atoms with Crippen molar-refractivity contribution in [2.75, 3.05) is 19.5 Å². The summed E-state index contributed by atoms with van der Waals surface area (Å²) >= 11 is 1.61. The van der Waals surface area contributed by atoms with Crippen LogP contribution in [0.15, 0.2) is 88.7 Å². The van der Waals surface area contributed by atoms with Crippen molar-refractivity contribution in [3.05, 3.63) is 84.4 Å². The first-order valence-corrected chi connectivity index (χ1v) is 9.96. The van der Waals surface area contributed by atoms with Crippen molar-refractivity contribution in [3.8, 4) is 11.5 Å². The fourth-order valence-corrected chi connectivity index (χ4v) is 3.76. The Morgan fingerprint density at radius 2 is 1.66 bits per heavy atom. The highest BCUT2D eigenvalue weighted by molar-refractivity contribution is 7.99. The molecule has 0 spiro atoms. The SMILES string of the molecule is COc1ccc(/C(C)=C/C(=O)Nc2ccccc2Sc2ccccc2)c(OC)c1. The first-order chi connectivity index (χ1) is 14.1. The molecule has 3 rings (SSSR count). The number of methoxy groups -OCH3 is 2. The average Bonchev–Trinajstić information content (AvgIpc) is 2.75. The molecule has 0 saturated heterocycles. The molecule has 3 aromatic carbocycles. The number of ether oxygens (including phenoxy) is 2. The normalized spacial score (nSPS) is 11.1. The van der Waals surface area contributed by atoms with Gasteiger partial charge in [0.15, 0.2) is 0 Å². The second-order valence-electron chi connectivity index (χ2n) is 6.29. The molecule has 5 heteroatoms. The molecule has 1 N–H and O–H groups in total. The minimum Gasteiger partial charge on any atom is -0.497 e. The van der Waals surface area contributed by atoms with Crippen LogP contribution in [0.4, 0.5) is 5.69 Å². The molecule has 0 aliphatic rings. The largest absolute Gasteiger partial charge is 0.497 e. The minimum absolute atomic E-state index is 0.193. The molecule has 0 aliphatic carbocycles. The number of benzene rings is 3. The lowest BCUT2D eigenvalue weighted by Gasteiger charge is -2.12. The molecule has 4 nitrogen and oxygen atoms in total. The molecule has 3 aromatic rings. The highest BCUT2D eigenvalue weighted by Gasteiger charge is 2.10. The Balaban J connectivity index is 1.79. The smallest absolute Gasteiger partial charge is 0.248 e. The number of nitrogens with one attached hydrogen (secondary N) is 1. The van der Waals surface area contributed by atoms with Crippen molar-refractivity contribution >= 4 is 28.9 Å². The number of carbonyl (C=O) groups is 1. The fourth-order valence-electron chi connectivity index (χ4n) is 2.84. The van der Waals surface area contributed by atoms with Crippen LogP contribution in [-0.2, 0) is 4.79 Å². The Morgan fingerprint density at radius 3 is 2.38 bits per heavy atom. The van der Waals surface area contributed by atoms with E-state index in [0.717, 1.165) is 26.6 Å². The van der Waals surface area contributed by atoms with Gasteiger partial charge in [0, 0.05) is 27.5 Å². The molecule has 0 fully saturated rings. The summed E-state index contributed by atoms with van der Waals surface area (Å²) in [5.74, 6) is 1.17.